The molecule has 1 atom stereocenters. The van der Waals surface area contributed by atoms with Crippen molar-refractivity contribution in [1.29, 1.82) is 0 Å². The number of piperidine rings is 1. The lowest BCUT2D eigenvalue weighted by atomic mass is 9.99. The number of anilines is 1. The lowest BCUT2D eigenvalue weighted by molar-refractivity contribution is -0.274. The maximum atomic E-state index is 12.1. The van der Waals surface area contributed by atoms with Gasteiger partial charge in [0.15, 0.2) is 0 Å². The van der Waals surface area contributed by atoms with Gasteiger partial charge in [0, 0.05) is 19.3 Å². The second kappa shape index (κ2) is 12.0. The number of likely N-dealkylation sites (tertiary alicyclic amines) is 1. The van der Waals surface area contributed by atoms with Crippen LogP contribution < -0.4 is 10.1 Å². The summed E-state index contributed by atoms with van der Waals surface area (Å²) in [5.74, 6) is -3.74. The lowest BCUT2D eigenvalue weighted by Crippen LogP contribution is -2.41. The van der Waals surface area contributed by atoms with Gasteiger partial charge in [-0.2, -0.15) is 0 Å². The van der Waals surface area contributed by atoms with Crippen LogP contribution in [0.4, 0.5) is 18.9 Å². The fourth-order valence-corrected chi connectivity index (χ4v) is 2.81. The summed E-state index contributed by atoms with van der Waals surface area (Å²) in [6, 6.07) is 5.09. The lowest BCUT2D eigenvalue weighted by Gasteiger charge is -2.31. The van der Waals surface area contributed by atoms with Crippen LogP contribution >= 0.6 is 0 Å². The molecule has 9 nitrogen and oxygen atoms in total. The number of alkyl halides is 3. The minimum Gasteiger partial charge on any atom is -0.473 e. The molecule has 168 valence electrons. The molecule has 12 heteroatoms. The maximum absolute atomic E-state index is 12.1. The number of nitrogens with zero attached hydrogens (tertiary/aromatic N) is 1. The van der Waals surface area contributed by atoms with Gasteiger partial charge in [0.2, 0.25) is 5.91 Å². The Kier molecular flexibility index (Phi) is 10.1. The molecule has 1 aromatic rings. The number of ether oxygens (including phenoxy) is 2. The smallest absolute Gasteiger partial charge is 0.473 e. The molecule has 30 heavy (non-hydrogen) atoms. The van der Waals surface area contributed by atoms with Crippen molar-refractivity contribution in [2.75, 3.05) is 38.7 Å². The van der Waals surface area contributed by atoms with Crippen molar-refractivity contribution in [2.45, 2.75) is 19.2 Å². The van der Waals surface area contributed by atoms with Crippen LogP contribution in [0.1, 0.15) is 12.8 Å². The Hall–Kier alpha value is -2.86. The minimum atomic E-state index is -4.72. The third-order valence-corrected chi connectivity index (χ3v) is 3.93. The van der Waals surface area contributed by atoms with Gasteiger partial charge in [-0.15, -0.1) is 13.2 Å². The van der Waals surface area contributed by atoms with Crippen molar-refractivity contribution >= 4 is 23.5 Å². The number of carbonyl (C=O) groups excluding carboxylic acids is 1. The normalized spacial score (nSPS) is 16.7. The van der Waals surface area contributed by atoms with Gasteiger partial charge >= 0.3 is 18.3 Å². The van der Waals surface area contributed by atoms with Crippen LogP contribution in [-0.4, -0.2) is 72.7 Å². The summed E-state index contributed by atoms with van der Waals surface area (Å²) < 4.78 is 45.2. The zero-order valence-electron chi connectivity index (χ0n) is 16.1. The minimum absolute atomic E-state index is 0.197. The fourth-order valence-electron chi connectivity index (χ4n) is 2.81. The number of nitrogens with one attached hydrogen (secondary N) is 1. The number of hydrogen-bond donors (Lipinski definition) is 3. The van der Waals surface area contributed by atoms with Gasteiger partial charge in [-0.05, 0) is 49.6 Å². The van der Waals surface area contributed by atoms with Gasteiger partial charge in [-0.1, -0.05) is 0 Å². The molecule has 0 radical (unpaired) electrons. The second-order valence-corrected chi connectivity index (χ2v) is 6.43. The Morgan fingerprint density at radius 2 is 1.77 bits per heavy atom. The summed E-state index contributed by atoms with van der Waals surface area (Å²) in [4.78, 5) is 32.3. The first-order valence-electron chi connectivity index (χ1n) is 8.83. The van der Waals surface area contributed by atoms with Crippen molar-refractivity contribution in [3.05, 3.63) is 24.3 Å². The van der Waals surface area contributed by atoms with E-state index in [2.05, 4.69) is 15.0 Å². The molecule has 1 aliphatic rings. The van der Waals surface area contributed by atoms with E-state index in [1.165, 1.54) is 24.3 Å². The van der Waals surface area contributed by atoms with Crippen molar-refractivity contribution in [3.8, 4) is 5.75 Å². The molecule has 1 fully saturated rings. The van der Waals surface area contributed by atoms with Crippen LogP contribution in [0.2, 0.25) is 0 Å². The largest absolute Gasteiger partial charge is 0.573 e. The molecule has 0 aromatic heterocycles. The SMILES string of the molecule is COCC1CCCN(CC(=O)Nc2ccc(OC(F)(F)F)cc2)C1.O=C(O)C(=O)O. The molecular weight excluding hydrogens is 413 g/mol. The van der Waals surface area contributed by atoms with Crippen LogP contribution in [0.3, 0.4) is 0 Å². The van der Waals surface area contributed by atoms with E-state index in [0.29, 0.717) is 18.2 Å². The van der Waals surface area contributed by atoms with Gasteiger partial charge in [-0.25, -0.2) is 9.59 Å². The maximum Gasteiger partial charge on any atom is 0.573 e. The number of rotatable bonds is 6. The molecule has 1 unspecified atom stereocenters. The Labute approximate surface area is 170 Å². The van der Waals surface area contributed by atoms with E-state index < -0.39 is 18.3 Å². The van der Waals surface area contributed by atoms with E-state index in [1.54, 1.807) is 7.11 Å². The molecule has 1 heterocycles. The molecular formula is C18H23F3N2O7. The van der Waals surface area contributed by atoms with Gasteiger partial charge < -0.3 is 25.0 Å². The number of methoxy groups -OCH3 is 1. The summed E-state index contributed by atoms with van der Waals surface area (Å²) in [6.45, 7) is 2.59. The number of aliphatic carboxylic acids is 2. The van der Waals surface area contributed by atoms with Crippen molar-refractivity contribution in [1.82, 2.24) is 4.90 Å². The third-order valence-electron chi connectivity index (χ3n) is 3.93. The topological polar surface area (TPSA) is 125 Å². The zero-order valence-corrected chi connectivity index (χ0v) is 16.1. The van der Waals surface area contributed by atoms with Crippen LogP contribution in [0, 0.1) is 5.92 Å². The van der Waals surface area contributed by atoms with E-state index in [9.17, 15) is 18.0 Å². The highest BCUT2D eigenvalue weighted by Gasteiger charge is 2.31. The summed E-state index contributed by atoms with van der Waals surface area (Å²) >= 11 is 0. The Morgan fingerprint density at radius 3 is 2.27 bits per heavy atom. The van der Waals surface area contributed by atoms with E-state index in [-0.39, 0.29) is 18.2 Å². The van der Waals surface area contributed by atoms with Crippen LogP contribution in [-0.2, 0) is 19.1 Å². The van der Waals surface area contributed by atoms with Gasteiger partial charge in [-0.3, -0.25) is 9.69 Å². The number of amides is 1. The number of halogens is 3. The van der Waals surface area contributed by atoms with Crippen molar-refractivity contribution < 1.29 is 47.2 Å². The second-order valence-electron chi connectivity index (χ2n) is 6.43. The van der Waals surface area contributed by atoms with Crippen LogP contribution in [0.5, 0.6) is 5.75 Å². The average Bonchev–Trinajstić information content (AvgIpc) is 2.63. The predicted molar refractivity (Wildman–Crippen MR) is 98.1 cm³/mol. The highest BCUT2D eigenvalue weighted by Crippen LogP contribution is 2.24. The van der Waals surface area contributed by atoms with E-state index in [1.807, 2.05) is 0 Å². The van der Waals surface area contributed by atoms with Gasteiger partial charge in [0.05, 0.1) is 13.2 Å². The molecule has 3 N–H and O–H groups in total. The van der Waals surface area contributed by atoms with Crippen LogP contribution in [0.15, 0.2) is 24.3 Å². The zero-order chi connectivity index (χ0) is 22.7. The first-order valence-corrected chi connectivity index (χ1v) is 8.83. The summed E-state index contributed by atoms with van der Waals surface area (Å²) in [5, 5.41) is 17.5. The van der Waals surface area contributed by atoms with Gasteiger partial charge in [0.25, 0.3) is 0 Å². The number of carbonyl (C=O) groups is 3. The molecule has 0 spiro atoms. The molecule has 0 bridgehead atoms. The molecule has 2 rings (SSSR count). The standard InChI is InChI=1S/C16H21F3N2O3.C2H2O4/c1-23-11-12-3-2-8-21(9-12)10-15(22)20-13-4-6-14(7-5-13)24-16(17,18)19;3-1(4)2(5)6/h4-7,12H,2-3,8-11H2,1H3,(H,20,22);(H,3,4)(H,5,6). The molecule has 1 aliphatic heterocycles. The Balaban J connectivity index is 0.000000656. The number of carboxylic acids is 2. The number of benzene rings is 1. The molecule has 0 saturated carbocycles. The van der Waals surface area contributed by atoms with E-state index in [0.717, 1.165) is 25.9 Å². The molecule has 0 aliphatic carbocycles. The quantitative estimate of drug-likeness (QED) is 0.579. The van der Waals surface area contributed by atoms with Crippen molar-refractivity contribution in [3.63, 3.8) is 0 Å². The third kappa shape index (κ3) is 10.6. The molecule has 1 aromatic carbocycles. The average molecular weight is 436 g/mol. The van der Waals surface area contributed by atoms with E-state index >= 15 is 0 Å². The Morgan fingerprint density at radius 1 is 1.17 bits per heavy atom. The fraction of sp³-hybridized carbons (Fsp3) is 0.500. The summed E-state index contributed by atoms with van der Waals surface area (Å²) in [5.41, 5.74) is 0.431. The Bertz CT molecular complexity index is 697. The summed E-state index contributed by atoms with van der Waals surface area (Å²) in [7, 11) is 1.66. The van der Waals surface area contributed by atoms with Crippen LogP contribution in [0.25, 0.3) is 0 Å². The number of carboxylic acid groups (broad SMARTS) is 2. The van der Waals surface area contributed by atoms with Gasteiger partial charge in [0.1, 0.15) is 5.75 Å². The molecule has 1 amide bonds. The highest BCUT2D eigenvalue weighted by molar-refractivity contribution is 6.27. The van der Waals surface area contributed by atoms with Crippen molar-refractivity contribution in [2.24, 2.45) is 5.92 Å². The molecule has 1 saturated heterocycles. The predicted octanol–water partition coefficient (Wildman–Crippen LogP) is 2.04. The number of hydrogen-bond acceptors (Lipinski definition) is 6. The summed E-state index contributed by atoms with van der Waals surface area (Å²) in [6.07, 6.45) is -2.62. The van der Waals surface area contributed by atoms with E-state index in [4.69, 9.17) is 24.5 Å². The first-order chi connectivity index (χ1) is 14.0. The first kappa shape index (κ1) is 25.2. The highest BCUT2D eigenvalue weighted by atomic mass is 19.4. The monoisotopic (exact) mass is 436 g/mol.